The first-order chi connectivity index (χ1) is 9.11. The molecule has 5 nitrogen and oxygen atoms in total. The van der Waals surface area contributed by atoms with Crippen LogP contribution in [-0.2, 0) is 4.79 Å². The molecule has 1 fully saturated rings. The molecule has 0 saturated heterocycles. The highest BCUT2D eigenvalue weighted by Crippen LogP contribution is 2.31. The number of rotatable bonds is 4. The third-order valence-electron chi connectivity index (χ3n) is 3.71. The first-order valence-electron chi connectivity index (χ1n) is 6.52. The first-order valence-corrected chi connectivity index (χ1v) is 6.52. The average Bonchev–Trinajstić information content (AvgIpc) is 2.87. The van der Waals surface area contributed by atoms with Gasteiger partial charge in [0.2, 0.25) is 11.8 Å². The number of benzene rings is 1. The Morgan fingerprint density at radius 3 is 2.79 bits per heavy atom. The summed E-state index contributed by atoms with van der Waals surface area (Å²) in [5.41, 5.74) is 11.9. The summed E-state index contributed by atoms with van der Waals surface area (Å²) in [5.74, 6) is -0.284. The number of amides is 2. The fourth-order valence-electron chi connectivity index (χ4n) is 2.65. The van der Waals surface area contributed by atoms with Gasteiger partial charge in [-0.1, -0.05) is 12.5 Å². The van der Waals surface area contributed by atoms with Gasteiger partial charge in [-0.15, -0.1) is 0 Å². The van der Waals surface area contributed by atoms with Crippen LogP contribution in [-0.4, -0.2) is 18.4 Å². The summed E-state index contributed by atoms with van der Waals surface area (Å²) in [5, 5.41) is 2.84. The van der Waals surface area contributed by atoms with Crippen molar-refractivity contribution in [3.8, 4) is 0 Å². The lowest BCUT2D eigenvalue weighted by atomic mass is 9.95. The Morgan fingerprint density at radius 1 is 1.32 bits per heavy atom. The lowest BCUT2D eigenvalue weighted by Gasteiger charge is -2.17. The van der Waals surface area contributed by atoms with Gasteiger partial charge < -0.3 is 16.8 Å². The summed E-state index contributed by atoms with van der Waals surface area (Å²) in [4.78, 5) is 23.3. The summed E-state index contributed by atoms with van der Waals surface area (Å²) < 4.78 is 0. The summed E-state index contributed by atoms with van der Waals surface area (Å²) in [6.45, 7) is 0.541. The maximum Gasteiger partial charge on any atom is 0.248 e. The topological polar surface area (TPSA) is 98.2 Å². The lowest BCUT2D eigenvalue weighted by molar-refractivity contribution is -0.120. The van der Waals surface area contributed by atoms with Gasteiger partial charge in [-0.05, 0) is 43.5 Å². The Balaban J connectivity index is 2.06. The zero-order valence-electron chi connectivity index (χ0n) is 10.8. The molecule has 0 aliphatic heterocycles. The van der Waals surface area contributed by atoms with E-state index in [1.54, 1.807) is 24.3 Å². The number of hydrogen-bond donors (Lipinski definition) is 3. The maximum atomic E-state index is 12.2. The highest BCUT2D eigenvalue weighted by atomic mass is 16.2. The van der Waals surface area contributed by atoms with Crippen molar-refractivity contribution in [1.82, 2.24) is 0 Å². The van der Waals surface area contributed by atoms with Crippen molar-refractivity contribution >= 4 is 17.5 Å². The van der Waals surface area contributed by atoms with Crippen LogP contribution in [0.2, 0.25) is 0 Å². The summed E-state index contributed by atoms with van der Waals surface area (Å²) in [6.07, 6.45) is 2.93. The second-order valence-electron chi connectivity index (χ2n) is 4.97. The van der Waals surface area contributed by atoms with Crippen LogP contribution in [0.4, 0.5) is 5.69 Å². The Kier molecular flexibility index (Phi) is 4.16. The molecule has 0 spiro atoms. The predicted molar refractivity (Wildman–Crippen MR) is 73.5 cm³/mol. The number of nitrogens with one attached hydrogen (secondary N) is 1. The second kappa shape index (κ2) is 5.84. The highest BCUT2D eigenvalue weighted by Gasteiger charge is 2.31. The van der Waals surface area contributed by atoms with Crippen molar-refractivity contribution in [3.63, 3.8) is 0 Å². The number of primary amides is 1. The van der Waals surface area contributed by atoms with Gasteiger partial charge in [-0.3, -0.25) is 9.59 Å². The van der Waals surface area contributed by atoms with Crippen LogP contribution >= 0.6 is 0 Å². The molecule has 2 amide bonds. The minimum absolute atomic E-state index is 0.0189. The van der Waals surface area contributed by atoms with Crippen molar-refractivity contribution in [2.75, 3.05) is 11.9 Å². The average molecular weight is 261 g/mol. The van der Waals surface area contributed by atoms with Crippen LogP contribution in [0.1, 0.15) is 29.6 Å². The number of carbonyl (C=O) groups excluding carboxylic acids is 2. The van der Waals surface area contributed by atoms with Gasteiger partial charge in [0.05, 0.1) is 0 Å². The number of anilines is 1. The molecule has 2 atom stereocenters. The van der Waals surface area contributed by atoms with Gasteiger partial charge in [0.1, 0.15) is 0 Å². The fourth-order valence-corrected chi connectivity index (χ4v) is 2.65. The van der Waals surface area contributed by atoms with E-state index in [0.29, 0.717) is 17.8 Å². The lowest BCUT2D eigenvalue weighted by Crippen LogP contribution is -2.29. The molecule has 19 heavy (non-hydrogen) atoms. The molecule has 0 unspecified atom stereocenters. The first kappa shape index (κ1) is 13.5. The Hall–Kier alpha value is -1.88. The molecule has 102 valence electrons. The summed E-state index contributed by atoms with van der Waals surface area (Å²) in [7, 11) is 0. The van der Waals surface area contributed by atoms with Crippen molar-refractivity contribution < 1.29 is 9.59 Å². The van der Waals surface area contributed by atoms with Gasteiger partial charge in [-0.25, -0.2) is 0 Å². The SMILES string of the molecule is NC[C@H]1CCC[C@H]1C(=O)Nc1cccc(C(N)=O)c1. The zero-order chi connectivity index (χ0) is 13.8. The van der Waals surface area contributed by atoms with Crippen LogP contribution in [0.25, 0.3) is 0 Å². The third-order valence-corrected chi connectivity index (χ3v) is 3.71. The van der Waals surface area contributed by atoms with Crippen LogP contribution in [0, 0.1) is 11.8 Å². The summed E-state index contributed by atoms with van der Waals surface area (Å²) >= 11 is 0. The minimum atomic E-state index is -0.503. The van der Waals surface area contributed by atoms with Gasteiger partial charge in [0.15, 0.2) is 0 Å². The van der Waals surface area contributed by atoms with Gasteiger partial charge in [0.25, 0.3) is 0 Å². The van der Waals surface area contributed by atoms with Crippen LogP contribution < -0.4 is 16.8 Å². The van der Waals surface area contributed by atoms with Gasteiger partial charge >= 0.3 is 0 Å². The van der Waals surface area contributed by atoms with Crippen molar-refractivity contribution in [1.29, 1.82) is 0 Å². The van der Waals surface area contributed by atoms with E-state index in [4.69, 9.17) is 11.5 Å². The van der Waals surface area contributed by atoms with Crippen LogP contribution in [0.5, 0.6) is 0 Å². The quantitative estimate of drug-likeness (QED) is 0.756. The van der Waals surface area contributed by atoms with Crippen LogP contribution in [0.15, 0.2) is 24.3 Å². The van der Waals surface area contributed by atoms with E-state index in [1.165, 1.54) is 0 Å². The third kappa shape index (κ3) is 3.12. The molecule has 0 aromatic heterocycles. The Morgan fingerprint density at radius 2 is 2.11 bits per heavy atom. The van der Waals surface area contributed by atoms with E-state index in [0.717, 1.165) is 19.3 Å². The molecule has 0 radical (unpaired) electrons. The Bertz CT molecular complexity index is 487. The zero-order valence-corrected chi connectivity index (χ0v) is 10.8. The second-order valence-corrected chi connectivity index (χ2v) is 4.97. The molecule has 1 aliphatic carbocycles. The maximum absolute atomic E-state index is 12.2. The predicted octanol–water partition coefficient (Wildman–Crippen LogP) is 1.10. The molecule has 5 heteroatoms. The highest BCUT2D eigenvalue weighted by molar-refractivity contribution is 5.97. The smallest absolute Gasteiger partial charge is 0.248 e. The number of nitrogens with two attached hydrogens (primary N) is 2. The number of hydrogen-bond acceptors (Lipinski definition) is 3. The van der Waals surface area contributed by atoms with Gasteiger partial charge in [-0.2, -0.15) is 0 Å². The molecule has 1 aromatic carbocycles. The molecule has 1 saturated carbocycles. The Labute approximate surface area is 112 Å². The van der Waals surface area contributed by atoms with Crippen molar-refractivity contribution in [2.24, 2.45) is 23.3 Å². The largest absolute Gasteiger partial charge is 0.366 e. The van der Waals surface area contributed by atoms with E-state index < -0.39 is 5.91 Å². The van der Waals surface area contributed by atoms with Crippen LogP contribution in [0.3, 0.4) is 0 Å². The van der Waals surface area contributed by atoms with Crippen molar-refractivity contribution in [3.05, 3.63) is 29.8 Å². The van der Waals surface area contributed by atoms with E-state index in [-0.39, 0.29) is 17.7 Å². The fraction of sp³-hybridized carbons (Fsp3) is 0.429. The molecular weight excluding hydrogens is 242 g/mol. The molecule has 5 N–H and O–H groups in total. The van der Waals surface area contributed by atoms with E-state index >= 15 is 0 Å². The molecular formula is C14H19N3O2. The molecule has 2 rings (SSSR count). The standard InChI is InChI=1S/C14H19N3O2/c15-8-10-4-2-6-12(10)14(19)17-11-5-1-3-9(7-11)13(16)18/h1,3,5,7,10,12H,2,4,6,8,15H2,(H2,16,18)(H,17,19)/t10-,12-/m1/s1. The molecule has 1 aromatic rings. The normalized spacial score (nSPS) is 22.2. The molecule has 0 bridgehead atoms. The molecule has 1 aliphatic rings. The van der Waals surface area contributed by atoms with E-state index in [2.05, 4.69) is 5.32 Å². The van der Waals surface area contributed by atoms with E-state index in [1.807, 2.05) is 0 Å². The van der Waals surface area contributed by atoms with E-state index in [9.17, 15) is 9.59 Å². The van der Waals surface area contributed by atoms with Gasteiger partial charge in [0, 0.05) is 17.2 Å². The molecule has 0 heterocycles. The monoisotopic (exact) mass is 261 g/mol. The summed E-state index contributed by atoms with van der Waals surface area (Å²) in [6, 6.07) is 6.66. The van der Waals surface area contributed by atoms with Crippen molar-refractivity contribution in [2.45, 2.75) is 19.3 Å². The minimum Gasteiger partial charge on any atom is -0.366 e. The number of carbonyl (C=O) groups is 2.